The highest BCUT2D eigenvalue weighted by atomic mass is 16.2. The van der Waals surface area contributed by atoms with E-state index in [0.29, 0.717) is 6.54 Å². The van der Waals surface area contributed by atoms with Gasteiger partial charge in [0.1, 0.15) is 0 Å². The standard InChI is InChI=1S/C7H10N2O/c1-8-4-3-5-9(2)7(10)6-8/h4-5H,6H2,1-2H3. The van der Waals surface area contributed by atoms with Gasteiger partial charge in [0.25, 0.3) is 0 Å². The van der Waals surface area contributed by atoms with E-state index in [1.165, 1.54) is 4.90 Å². The molecule has 1 rings (SSSR count). The van der Waals surface area contributed by atoms with Crippen molar-refractivity contribution in [3.8, 4) is 0 Å². The van der Waals surface area contributed by atoms with Gasteiger partial charge < -0.3 is 9.80 Å². The summed E-state index contributed by atoms with van der Waals surface area (Å²) < 4.78 is 0. The van der Waals surface area contributed by atoms with Crippen LogP contribution in [-0.2, 0) is 4.79 Å². The third-order valence-corrected chi connectivity index (χ3v) is 1.34. The van der Waals surface area contributed by atoms with Crippen LogP contribution < -0.4 is 0 Å². The lowest BCUT2D eigenvalue weighted by Crippen LogP contribution is -2.29. The van der Waals surface area contributed by atoms with E-state index >= 15 is 0 Å². The van der Waals surface area contributed by atoms with Gasteiger partial charge in [-0.15, -0.1) is 0 Å². The molecule has 54 valence electrons. The van der Waals surface area contributed by atoms with Gasteiger partial charge in [-0.1, -0.05) is 5.73 Å². The molecule has 0 bridgehead atoms. The van der Waals surface area contributed by atoms with Crippen LogP contribution in [0.15, 0.2) is 18.1 Å². The van der Waals surface area contributed by atoms with E-state index in [9.17, 15) is 4.79 Å². The fourth-order valence-electron chi connectivity index (χ4n) is 0.715. The molecule has 3 nitrogen and oxygen atoms in total. The average Bonchev–Trinajstić information content (AvgIpc) is 1.96. The van der Waals surface area contributed by atoms with Crippen molar-refractivity contribution in [2.24, 2.45) is 0 Å². The second-order valence-electron chi connectivity index (χ2n) is 2.34. The van der Waals surface area contributed by atoms with E-state index in [1.807, 2.05) is 7.05 Å². The molecule has 1 heterocycles. The molecule has 1 aliphatic rings. The van der Waals surface area contributed by atoms with Crippen LogP contribution in [0.3, 0.4) is 0 Å². The molecule has 0 saturated carbocycles. The maximum Gasteiger partial charge on any atom is 0.246 e. The molecular formula is C7H10N2O. The fourth-order valence-corrected chi connectivity index (χ4v) is 0.715. The monoisotopic (exact) mass is 138 g/mol. The molecule has 0 aromatic heterocycles. The number of amides is 1. The zero-order valence-electron chi connectivity index (χ0n) is 6.16. The number of rotatable bonds is 0. The zero-order valence-corrected chi connectivity index (χ0v) is 6.16. The minimum Gasteiger partial charge on any atom is -0.365 e. The molecule has 1 aliphatic heterocycles. The van der Waals surface area contributed by atoms with Crippen molar-refractivity contribution >= 4 is 5.91 Å². The van der Waals surface area contributed by atoms with Crippen molar-refractivity contribution in [3.05, 3.63) is 18.1 Å². The smallest absolute Gasteiger partial charge is 0.246 e. The topological polar surface area (TPSA) is 23.6 Å². The Kier molecular flexibility index (Phi) is 1.78. The molecule has 0 fully saturated rings. The summed E-state index contributed by atoms with van der Waals surface area (Å²) in [6.45, 7) is 0.431. The SMILES string of the molecule is CN1C=C=CN(C)C(=O)C1. The average molecular weight is 138 g/mol. The van der Waals surface area contributed by atoms with Gasteiger partial charge in [-0.2, -0.15) is 0 Å². The van der Waals surface area contributed by atoms with Gasteiger partial charge in [-0.05, 0) is 0 Å². The number of nitrogens with zero attached hydrogens (tertiary/aromatic N) is 2. The normalized spacial score (nSPS) is 18.0. The van der Waals surface area contributed by atoms with E-state index in [-0.39, 0.29) is 5.91 Å². The predicted molar refractivity (Wildman–Crippen MR) is 38.1 cm³/mol. The number of carbonyl (C=O) groups excluding carboxylic acids is 1. The summed E-state index contributed by atoms with van der Waals surface area (Å²) >= 11 is 0. The Hall–Kier alpha value is -1.21. The Morgan fingerprint density at radius 3 is 2.90 bits per heavy atom. The summed E-state index contributed by atoms with van der Waals surface area (Å²) in [4.78, 5) is 14.3. The summed E-state index contributed by atoms with van der Waals surface area (Å²) in [5.74, 6) is 0.0868. The second kappa shape index (κ2) is 2.58. The fraction of sp³-hybridized carbons (Fsp3) is 0.429. The first-order valence-electron chi connectivity index (χ1n) is 3.09. The van der Waals surface area contributed by atoms with Crippen LogP contribution in [0.5, 0.6) is 0 Å². The number of likely N-dealkylation sites (N-methyl/N-ethyl adjacent to an activating group) is 2. The predicted octanol–water partition coefficient (Wildman–Crippen LogP) is 0.0165. The lowest BCUT2D eigenvalue weighted by atomic mass is 10.5. The molecule has 0 spiro atoms. The molecular weight excluding hydrogens is 128 g/mol. The van der Waals surface area contributed by atoms with Crippen molar-refractivity contribution < 1.29 is 4.79 Å². The second-order valence-corrected chi connectivity index (χ2v) is 2.34. The minimum absolute atomic E-state index is 0.0868. The molecule has 0 aromatic rings. The first-order chi connectivity index (χ1) is 4.70. The Bertz CT molecular complexity index is 202. The van der Waals surface area contributed by atoms with E-state index in [1.54, 1.807) is 24.3 Å². The third kappa shape index (κ3) is 1.39. The summed E-state index contributed by atoms with van der Waals surface area (Å²) in [6.07, 6.45) is 3.38. The Labute approximate surface area is 60.2 Å². The largest absolute Gasteiger partial charge is 0.365 e. The minimum atomic E-state index is 0.0868. The van der Waals surface area contributed by atoms with Gasteiger partial charge >= 0.3 is 0 Å². The molecule has 0 aliphatic carbocycles. The zero-order chi connectivity index (χ0) is 7.56. The van der Waals surface area contributed by atoms with Crippen molar-refractivity contribution in [2.75, 3.05) is 20.6 Å². The van der Waals surface area contributed by atoms with E-state index in [0.717, 1.165) is 0 Å². The van der Waals surface area contributed by atoms with Gasteiger partial charge in [0.15, 0.2) is 0 Å². The van der Waals surface area contributed by atoms with Crippen molar-refractivity contribution in [1.82, 2.24) is 9.80 Å². The number of hydrogen-bond acceptors (Lipinski definition) is 2. The molecule has 10 heavy (non-hydrogen) atoms. The van der Waals surface area contributed by atoms with Gasteiger partial charge in [0.05, 0.1) is 12.7 Å². The van der Waals surface area contributed by atoms with Crippen LogP contribution >= 0.6 is 0 Å². The molecule has 0 unspecified atom stereocenters. The maximum atomic E-state index is 11.0. The van der Waals surface area contributed by atoms with E-state index in [2.05, 4.69) is 5.73 Å². The molecule has 0 aromatic carbocycles. The molecule has 1 amide bonds. The van der Waals surface area contributed by atoms with Gasteiger partial charge in [0.2, 0.25) is 5.91 Å². The molecule has 0 radical (unpaired) electrons. The highest BCUT2D eigenvalue weighted by Crippen LogP contribution is 1.94. The molecule has 3 heteroatoms. The highest BCUT2D eigenvalue weighted by molar-refractivity contribution is 5.79. The van der Waals surface area contributed by atoms with Crippen LogP contribution in [0.1, 0.15) is 0 Å². The molecule has 0 saturated heterocycles. The van der Waals surface area contributed by atoms with Crippen LogP contribution in [0.2, 0.25) is 0 Å². The van der Waals surface area contributed by atoms with E-state index < -0.39 is 0 Å². The Balaban J connectivity index is 2.75. The Morgan fingerprint density at radius 1 is 1.50 bits per heavy atom. The summed E-state index contributed by atoms with van der Waals surface area (Å²) in [5.41, 5.74) is 2.86. The first kappa shape index (κ1) is 6.90. The number of hydrogen-bond donors (Lipinski definition) is 0. The quantitative estimate of drug-likeness (QED) is 0.440. The maximum absolute atomic E-state index is 11.0. The van der Waals surface area contributed by atoms with Crippen molar-refractivity contribution in [3.63, 3.8) is 0 Å². The van der Waals surface area contributed by atoms with Crippen LogP contribution in [-0.4, -0.2) is 36.3 Å². The molecule has 0 N–H and O–H groups in total. The summed E-state index contributed by atoms with van der Waals surface area (Å²) in [5, 5.41) is 0. The third-order valence-electron chi connectivity index (χ3n) is 1.34. The number of carbonyl (C=O) groups is 1. The van der Waals surface area contributed by atoms with Crippen LogP contribution in [0.4, 0.5) is 0 Å². The van der Waals surface area contributed by atoms with Gasteiger partial charge in [0, 0.05) is 20.3 Å². The lowest BCUT2D eigenvalue weighted by molar-refractivity contribution is -0.127. The summed E-state index contributed by atoms with van der Waals surface area (Å²) in [6, 6.07) is 0. The lowest BCUT2D eigenvalue weighted by Gasteiger charge is -2.13. The highest BCUT2D eigenvalue weighted by Gasteiger charge is 2.08. The van der Waals surface area contributed by atoms with Gasteiger partial charge in [-0.3, -0.25) is 4.79 Å². The van der Waals surface area contributed by atoms with Crippen molar-refractivity contribution in [1.29, 1.82) is 0 Å². The molecule has 0 atom stereocenters. The van der Waals surface area contributed by atoms with E-state index in [4.69, 9.17) is 0 Å². The van der Waals surface area contributed by atoms with Crippen LogP contribution in [0.25, 0.3) is 0 Å². The summed E-state index contributed by atoms with van der Waals surface area (Å²) in [7, 11) is 3.57. The van der Waals surface area contributed by atoms with Crippen molar-refractivity contribution in [2.45, 2.75) is 0 Å². The van der Waals surface area contributed by atoms with Gasteiger partial charge in [-0.25, -0.2) is 0 Å². The van der Waals surface area contributed by atoms with Crippen LogP contribution in [0, 0.1) is 0 Å². The Morgan fingerprint density at radius 2 is 2.20 bits per heavy atom. The first-order valence-corrected chi connectivity index (χ1v) is 3.09.